The molecule has 1 fully saturated rings. The molecule has 1 heterocycles. The lowest BCUT2D eigenvalue weighted by molar-refractivity contribution is -0.249. The second kappa shape index (κ2) is 8.64. The lowest BCUT2D eigenvalue weighted by Gasteiger charge is -2.39. The van der Waals surface area contributed by atoms with E-state index in [9.17, 15) is 16.8 Å². The Hall–Kier alpha value is -1.64. The number of rotatable bonds is 8. The highest BCUT2D eigenvalue weighted by molar-refractivity contribution is 7.86. The predicted octanol–water partition coefficient (Wildman–Crippen LogP) is -1.48. The van der Waals surface area contributed by atoms with Gasteiger partial charge in [-0.25, -0.2) is 0 Å². The molecule has 14 nitrogen and oxygen atoms in total. The summed E-state index contributed by atoms with van der Waals surface area (Å²) in [5, 5.41) is 6.93. The molecule has 0 bridgehead atoms. The van der Waals surface area contributed by atoms with Crippen molar-refractivity contribution in [2.75, 3.05) is 26.2 Å². The lowest BCUT2D eigenvalue weighted by Crippen LogP contribution is -2.60. The first-order chi connectivity index (χ1) is 11.5. The Balaban J connectivity index is 3.40. The van der Waals surface area contributed by atoms with Crippen LogP contribution in [0.15, 0.2) is 10.2 Å². The Kier molecular flexibility index (Phi) is 7.40. The monoisotopic (exact) mass is 402 g/mol. The molecule has 0 spiro atoms. The summed E-state index contributed by atoms with van der Waals surface area (Å²) in [6, 6.07) is -1.28. The van der Waals surface area contributed by atoms with E-state index in [0.717, 1.165) is 12.5 Å². The van der Waals surface area contributed by atoms with Crippen molar-refractivity contribution in [1.29, 1.82) is 11.1 Å². The first-order valence-electron chi connectivity index (χ1n) is 6.57. The molecule has 0 amide bonds. The van der Waals surface area contributed by atoms with Gasteiger partial charge < -0.3 is 9.47 Å². The summed E-state index contributed by atoms with van der Waals surface area (Å²) in [6.07, 6.45) is -4.00. The third-order valence-electron chi connectivity index (χ3n) is 2.95. The number of nitrogens with one attached hydrogen (secondary N) is 2. The molecule has 0 aromatic carbocycles. The molecule has 1 aliphatic heterocycles. The molecule has 0 radical (unpaired) electrons. The lowest BCUT2D eigenvalue weighted by atomic mass is 9.97. The number of methoxy groups -OCH3 is 1. The van der Waals surface area contributed by atoms with Crippen molar-refractivity contribution in [3.05, 3.63) is 0 Å². The number of hydrogen-bond acceptors (Lipinski definition) is 12. The highest BCUT2D eigenvalue weighted by Crippen LogP contribution is 2.30. The van der Waals surface area contributed by atoms with Gasteiger partial charge in [-0.2, -0.15) is 16.8 Å². The molecular weight excluding hydrogens is 384 g/mol. The summed E-state index contributed by atoms with van der Waals surface area (Å²) in [7, 11) is -6.96. The van der Waals surface area contributed by atoms with Gasteiger partial charge in [0.25, 0.3) is 20.2 Å². The van der Waals surface area contributed by atoms with E-state index in [2.05, 4.69) is 20.1 Å². The molecule has 1 aliphatic rings. The molecule has 1 saturated heterocycles. The highest BCUT2D eigenvalue weighted by atomic mass is 32.2. The Labute approximate surface area is 143 Å². The smallest absolute Gasteiger partial charge is 0.264 e. The van der Waals surface area contributed by atoms with Crippen molar-refractivity contribution < 1.29 is 34.7 Å². The van der Waals surface area contributed by atoms with Gasteiger partial charge in [0.2, 0.25) is 9.82 Å². The SMILES string of the molecule is COC1OC(CN=[N+]=N)C(N=[N+]=N)C(OS(C)(=O)=O)C1OS(C)(=O)=O. The van der Waals surface area contributed by atoms with Gasteiger partial charge in [-0.3, -0.25) is 8.37 Å². The van der Waals surface area contributed by atoms with Crippen LogP contribution < -0.4 is 9.82 Å². The molecule has 0 aromatic heterocycles. The fraction of sp³-hybridized carbons (Fsp3) is 1.00. The second-order valence-electron chi connectivity index (χ2n) is 4.94. The van der Waals surface area contributed by atoms with Gasteiger partial charge in [0.15, 0.2) is 25.0 Å². The van der Waals surface area contributed by atoms with Crippen LogP contribution in [-0.4, -0.2) is 73.6 Å². The maximum Gasteiger partial charge on any atom is 0.264 e. The fourth-order valence-corrected chi connectivity index (χ4v) is 3.41. The molecule has 0 aromatic rings. The van der Waals surface area contributed by atoms with Crippen molar-refractivity contribution in [2.24, 2.45) is 10.2 Å². The van der Waals surface area contributed by atoms with Crippen LogP contribution in [0.2, 0.25) is 0 Å². The first kappa shape index (κ1) is 21.4. The Morgan fingerprint density at radius 2 is 1.60 bits per heavy atom. The van der Waals surface area contributed by atoms with E-state index in [1.807, 2.05) is 0 Å². The van der Waals surface area contributed by atoms with E-state index in [0.29, 0.717) is 0 Å². The van der Waals surface area contributed by atoms with Gasteiger partial charge in [0.1, 0.15) is 33.5 Å². The van der Waals surface area contributed by atoms with Crippen LogP contribution in [0.25, 0.3) is 0 Å². The third kappa shape index (κ3) is 6.64. The predicted molar refractivity (Wildman–Crippen MR) is 78.3 cm³/mol. The summed E-state index contributed by atoms with van der Waals surface area (Å²) < 4.78 is 66.4. The topological polar surface area (TPSA) is 206 Å². The van der Waals surface area contributed by atoms with Gasteiger partial charge in [-0.05, 0) is 0 Å². The summed E-state index contributed by atoms with van der Waals surface area (Å²) in [5.74, 6) is 0. The molecular formula is C9H18N6O8S2+2. The molecule has 0 aliphatic carbocycles. The average Bonchev–Trinajstić information content (AvgIpc) is 2.47. The fourth-order valence-electron chi connectivity index (χ4n) is 2.18. The maximum absolute atomic E-state index is 11.6. The van der Waals surface area contributed by atoms with E-state index in [4.69, 9.17) is 28.9 Å². The van der Waals surface area contributed by atoms with Crippen molar-refractivity contribution in [3.63, 3.8) is 0 Å². The maximum atomic E-state index is 11.6. The Morgan fingerprint density at radius 1 is 1.04 bits per heavy atom. The van der Waals surface area contributed by atoms with Crippen molar-refractivity contribution in [2.45, 2.75) is 30.6 Å². The van der Waals surface area contributed by atoms with Crippen molar-refractivity contribution >= 4 is 20.2 Å². The largest absolute Gasteiger partial charge is 0.353 e. The third-order valence-corrected chi connectivity index (χ3v) is 4.09. The van der Waals surface area contributed by atoms with Crippen LogP contribution in [0.3, 0.4) is 0 Å². The molecule has 5 unspecified atom stereocenters. The Morgan fingerprint density at radius 3 is 2.04 bits per heavy atom. The highest BCUT2D eigenvalue weighted by Gasteiger charge is 2.53. The van der Waals surface area contributed by atoms with E-state index in [1.165, 1.54) is 7.11 Å². The summed E-state index contributed by atoms with van der Waals surface area (Å²) in [4.78, 5) is 5.64. The van der Waals surface area contributed by atoms with E-state index < -0.39 is 50.9 Å². The average molecular weight is 402 g/mol. The minimum Gasteiger partial charge on any atom is -0.353 e. The van der Waals surface area contributed by atoms with E-state index in [-0.39, 0.29) is 6.54 Å². The number of ether oxygens (including phenoxy) is 2. The van der Waals surface area contributed by atoms with Gasteiger partial charge in [0.05, 0.1) is 12.5 Å². The van der Waals surface area contributed by atoms with Gasteiger partial charge in [-0.15, -0.1) is 0 Å². The summed E-state index contributed by atoms with van der Waals surface area (Å²) in [6.45, 7) is -0.262. The molecule has 5 atom stereocenters. The van der Waals surface area contributed by atoms with Gasteiger partial charge in [0, 0.05) is 7.11 Å². The number of hydrogen-bond donors (Lipinski definition) is 2. The summed E-state index contributed by atoms with van der Waals surface area (Å²) >= 11 is 0. The normalized spacial score (nSPS) is 30.1. The molecule has 0 saturated carbocycles. The zero-order valence-corrected chi connectivity index (χ0v) is 15.1. The zero-order chi connectivity index (χ0) is 19.3. The minimum atomic E-state index is -4.08. The summed E-state index contributed by atoms with van der Waals surface area (Å²) in [5.41, 5.74) is 13.6. The molecule has 1 rings (SSSR count). The zero-order valence-electron chi connectivity index (χ0n) is 13.5. The van der Waals surface area contributed by atoms with Crippen LogP contribution in [0.5, 0.6) is 0 Å². The Bertz CT molecular complexity index is 772. The standard InChI is InChI=1S/C9H18N6O8S2/c1-20-9-8(23-25(3,18)19)7(22-24(2,16)17)6(13-15-11)5(21-9)4-12-14-10/h5-11H,4H2,1-3H3/q+2. The quantitative estimate of drug-likeness (QED) is 0.277. The molecule has 16 heteroatoms. The van der Waals surface area contributed by atoms with Crippen LogP contribution in [0, 0.1) is 11.1 Å². The number of nitrogens with zero attached hydrogens (tertiary/aromatic N) is 4. The first-order valence-corrected chi connectivity index (χ1v) is 10.2. The van der Waals surface area contributed by atoms with Gasteiger partial charge >= 0.3 is 0 Å². The van der Waals surface area contributed by atoms with Crippen molar-refractivity contribution in [3.8, 4) is 0 Å². The van der Waals surface area contributed by atoms with E-state index in [1.54, 1.807) is 0 Å². The minimum absolute atomic E-state index is 0.262. The van der Waals surface area contributed by atoms with Crippen LogP contribution in [-0.2, 0) is 38.1 Å². The van der Waals surface area contributed by atoms with Crippen LogP contribution in [0.1, 0.15) is 0 Å². The van der Waals surface area contributed by atoms with E-state index >= 15 is 0 Å². The van der Waals surface area contributed by atoms with Crippen LogP contribution >= 0.6 is 0 Å². The molecule has 25 heavy (non-hydrogen) atoms. The molecule has 2 N–H and O–H groups in total. The second-order valence-corrected chi connectivity index (χ2v) is 8.14. The van der Waals surface area contributed by atoms with Crippen LogP contribution in [0.4, 0.5) is 0 Å². The molecule has 142 valence electrons. The van der Waals surface area contributed by atoms with Gasteiger partial charge in [-0.1, -0.05) is 0 Å². The van der Waals surface area contributed by atoms with Crippen molar-refractivity contribution in [1.82, 2.24) is 9.82 Å².